The van der Waals surface area contributed by atoms with Gasteiger partial charge in [-0.15, -0.1) is 0 Å². The molecule has 1 aromatic heterocycles. The monoisotopic (exact) mass is 372 g/mol. The van der Waals surface area contributed by atoms with Gasteiger partial charge in [0.05, 0.1) is 10.2 Å². The smallest absolute Gasteiger partial charge is 0.222 e. The largest absolute Gasteiger partial charge is 0.348 e. The molecule has 3 heterocycles. The molecular weight excluding hydrogens is 344 g/mol. The molecule has 0 aliphatic carbocycles. The van der Waals surface area contributed by atoms with Crippen molar-refractivity contribution in [2.24, 2.45) is 5.92 Å². The van der Waals surface area contributed by atoms with Crippen LogP contribution < -0.4 is 4.90 Å². The maximum atomic E-state index is 12.6. The van der Waals surface area contributed by atoms with E-state index < -0.39 is 0 Å². The normalized spacial score (nSPS) is 20.0. The lowest BCUT2D eigenvalue weighted by Gasteiger charge is -2.36. The second-order valence-electron chi connectivity index (χ2n) is 7.41. The van der Waals surface area contributed by atoms with Gasteiger partial charge < -0.3 is 14.7 Å². The number of rotatable bonds is 4. The average molecular weight is 373 g/mol. The zero-order valence-electron chi connectivity index (χ0n) is 15.6. The van der Waals surface area contributed by atoms with Crippen LogP contribution in [0.4, 0.5) is 5.13 Å². The van der Waals surface area contributed by atoms with Gasteiger partial charge in [-0.05, 0) is 37.4 Å². The van der Waals surface area contributed by atoms with Crippen LogP contribution in [-0.4, -0.2) is 66.5 Å². The molecule has 4 rings (SSSR count). The number of para-hydroxylation sites is 1. The number of piperazine rings is 1. The number of likely N-dealkylation sites (N-methyl/N-ethyl adjacent to an activating group) is 1. The third-order valence-corrected chi connectivity index (χ3v) is 6.90. The van der Waals surface area contributed by atoms with E-state index in [-0.39, 0.29) is 0 Å². The fourth-order valence-electron chi connectivity index (χ4n) is 4.01. The first-order valence-electron chi connectivity index (χ1n) is 9.83. The molecule has 0 radical (unpaired) electrons. The third kappa shape index (κ3) is 3.86. The van der Waals surface area contributed by atoms with E-state index in [1.807, 2.05) is 6.07 Å². The van der Waals surface area contributed by atoms with Crippen molar-refractivity contribution in [3.05, 3.63) is 24.3 Å². The highest BCUT2D eigenvalue weighted by atomic mass is 32.1. The molecule has 1 aromatic carbocycles. The van der Waals surface area contributed by atoms with Gasteiger partial charge in [0.1, 0.15) is 0 Å². The van der Waals surface area contributed by atoms with Crippen LogP contribution in [0.1, 0.15) is 26.2 Å². The van der Waals surface area contributed by atoms with Crippen molar-refractivity contribution in [3.8, 4) is 0 Å². The molecule has 1 amide bonds. The molecule has 2 aromatic rings. The van der Waals surface area contributed by atoms with Crippen LogP contribution in [0, 0.1) is 5.92 Å². The van der Waals surface area contributed by atoms with E-state index in [1.54, 1.807) is 11.3 Å². The first-order chi connectivity index (χ1) is 12.7. The molecule has 2 aliphatic rings. The van der Waals surface area contributed by atoms with E-state index >= 15 is 0 Å². The molecule has 0 N–H and O–H groups in total. The van der Waals surface area contributed by atoms with E-state index in [9.17, 15) is 4.79 Å². The molecule has 0 saturated carbocycles. The van der Waals surface area contributed by atoms with Crippen molar-refractivity contribution >= 4 is 32.6 Å². The lowest BCUT2D eigenvalue weighted by Crippen LogP contribution is -2.49. The summed E-state index contributed by atoms with van der Waals surface area (Å²) in [5.41, 5.74) is 1.09. The summed E-state index contributed by atoms with van der Waals surface area (Å²) in [5.74, 6) is 0.886. The first kappa shape index (κ1) is 17.7. The molecule has 5 nitrogen and oxygen atoms in total. The molecule has 0 spiro atoms. The molecular formula is C20H28N4OS. The second kappa shape index (κ2) is 7.92. The van der Waals surface area contributed by atoms with Crippen molar-refractivity contribution in [2.75, 3.05) is 50.7 Å². The number of thiazole rings is 1. The Balaban J connectivity index is 1.27. The Labute approximate surface area is 159 Å². The van der Waals surface area contributed by atoms with Gasteiger partial charge in [-0.25, -0.2) is 4.98 Å². The van der Waals surface area contributed by atoms with Gasteiger partial charge in [0.15, 0.2) is 5.13 Å². The minimum atomic E-state index is 0.360. The Morgan fingerprint density at radius 2 is 1.85 bits per heavy atom. The Morgan fingerprint density at radius 3 is 2.54 bits per heavy atom. The van der Waals surface area contributed by atoms with E-state index in [4.69, 9.17) is 4.98 Å². The van der Waals surface area contributed by atoms with Gasteiger partial charge >= 0.3 is 0 Å². The topological polar surface area (TPSA) is 39.7 Å². The molecule has 2 aliphatic heterocycles. The first-order valence-corrected chi connectivity index (χ1v) is 10.6. The number of amides is 1. The van der Waals surface area contributed by atoms with Gasteiger partial charge in [0.25, 0.3) is 0 Å². The third-order valence-electron chi connectivity index (χ3n) is 5.80. The molecule has 2 fully saturated rings. The summed E-state index contributed by atoms with van der Waals surface area (Å²) in [6.45, 7) is 9.16. The minimum Gasteiger partial charge on any atom is -0.348 e. The number of fused-ring (bicyclic) bond motifs is 1. The highest BCUT2D eigenvalue weighted by Crippen LogP contribution is 2.32. The van der Waals surface area contributed by atoms with E-state index in [2.05, 4.69) is 39.8 Å². The highest BCUT2D eigenvalue weighted by molar-refractivity contribution is 7.22. The van der Waals surface area contributed by atoms with Gasteiger partial charge in [0.2, 0.25) is 5.91 Å². The number of carbonyl (C=O) groups excluding carboxylic acids is 1. The van der Waals surface area contributed by atoms with E-state index in [0.717, 1.165) is 75.7 Å². The number of piperidine rings is 1. The lowest BCUT2D eigenvalue weighted by atomic mass is 9.93. The summed E-state index contributed by atoms with van der Waals surface area (Å²) < 4.78 is 1.26. The molecule has 6 heteroatoms. The fraction of sp³-hybridized carbons (Fsp3) is 0.600. The Kier molecular flexibility index (Phi) is 5.41. The summed E-state index contributed by atoms with van der Waals surface area (Å²) in [4.78, 5) is 24.3. The number of nitrogens with zero attached hydrogens (tertiary/aromatic N) is 4. The van der Waals surface area contributed by atoms with Crippen LogP contribution in [0.3, 0.4) is 0 Å². The van der Waals surface area contributed by atoms with Crippen LogP contribution in [-0.2, 0) is 4.79 Å². The fourth-order valence-corrected chi connectivity index (χ4v) is 5.03. The summed E-state index contributed by atoms with van der Waals surface area (Å²) in [6.07, 6.45) is 2.91. The van der Waals surface area contributed by atoms with Gasteiger partial charge in [-0.3, -0.25) is 4.79 Å². The van der Waals surface area contributed by atoms with Crippen molar-refractivity contribution in [1.82, 2.24) is 14.8 Å². The molecule has 2 saturated heterocycles. The Morgan fingerprint density at radius 1 is 1.12 bits per heavy atom. The number of anilines is 1. The van der Waals surface area contributed by atoms with Crippen LogP contribution in [0.25, 0.3) is 10.2 Å². The van der Waals surface area contributed by atoms with Gasteiger partial charge in [-0.2, -0.15) is 0 Å². The second-order valence-corrected chi connectivity index (χ2v) is 8.42. The summed E-state index contributed by atoms with van der Waals surface area (Å²) in [6, 6.07) is 8.34. The lowest BCUT2D eigenvalue weighted by molar-refractivity contribution is -0.134. The quantitative estimate of drug-likeness (QED) is 0.827. The molecule has 26 heavy (non-hydrogen) atoms. The molecule has 0 bridgehead atoms. The average Bonchev–Trinajstić information content (AvgIpc) is 3.13. The van der Waals surface area contributed by atoms with Crippen molar-refractivity contribution in [1.29, 1.82) is 0 Å². The maximum Gasteiger partial charge on any atom is 0.222 e. The Hall–Kier alpha value is -1.66. The number of carbonyl (C=O) groups is 1. The maximum absolute atomic E-state index is 12.6. The summed E-state index contributed by atoms with van der Waals surface area (Å²) >= 11 is 1.78. The number of aromatic nitrogens is 1. The van der Waals surface area contributed by atoms with Crippen molar-refractivity contribution in [2.45, 2.75) is 26.2 Å². The van der Waals surface area contributed by atoms with Crippen LogP contribution in [0.5, 0.6) is 0 Å². The van der Waals surface area contributed by atoms with Crippen LogP contribution in [0.15, 0.2) is 24.3 Å². The van der Waals surface area contributed by atoms with Crippen molar-refractivity contribution < 1.29 is 4.79 Å². The summed E-state index contributed by atoms with van der Waals surface area (Å²) in [7, 11) is 0. The van der Waals surface area contributed by atoms with Gasteiger partial charge in [-0.1, -0.05) is 30.4 Å². The summed E-state index contributed by atoms with van der Waals surface area (Å²) in [5, 5.41) is 1.13. The standard InChI is InChI=1S/C20H28N4OS/c1-2-22-11-13-23(14-12-22)19(25)15-16-7-9-24(10-8-16)20-21-17-5-3-4-6-18(17)26-20/h3-6,16H,2,7-15H2,1H3. The zero-order chi connectivity index (χ0) is 17.9. The SMILES string of the molecule is CCN1CCN(C(=O)CC2CCN(c3nc4ccccc4s3)CC2)CC1. The predicted molar refractivity (Wildman–Crippen MR) is 108 cm³/mol. The van der Waals surface area contributed by atoms with Crippen LogP contribution in [0.2, 0.25) is 0 Å². The molecule has 140 valence electrons. The van der Waals surface area contributed by atoms with Gasteiger partial charge in [0, 0.05) is 45.7 Å². The zero-order valence-corrected chi connectivity index (χ0v) is 16.4. The predicted octanol–water partition coefficient (Wildman–Crippen LogP) is 3.07. The molecule has 0 unspecified atom stereocenters. The number of hydrogen-bond donors (Lipinski definition) is 0. The Bertz CT molecular complexity index is 712. The van der Waals surface area contributed by atoms with E-state index in [0.29, 0.717) is 11.8 Å². The molecule has 0 atom stereocenters. The highest BCUT2D eigenvalue weighted by Gasteiger charge is 2.26. The number of benzene rings is 1. The minimum absolute atomic E-state index is 0.360. The number of hydrogen-bond acceptors (Lipinski definition) is 5. The van der Waals surface area contributed by atoms with Crippen molar-refractivity contribution in [3.63, 3.8) is 0 Å². The van der Waals surface area contributed by atoms with Crippen LogP contribution >= 0.6 is 11.3 Å². The van der Waals surface area contributed by atoms with E-state index in [1.165, 1.54) is 4.70 Å².